The highest BCUT2D eigenvalue weighted by Crippen LogP contribution is 2.39. The van der Waals surface area contributed by atoms with Crippen molar-refractivity contribution >= 4 is 29.3 Å². The van der Waals surface area contributed by atoms with Gasteiger partial charge in [-0.15, -0.1) is 0 Å². The van der Waals surface area contributed by atoms with E-state index >= 15 is 0 Å². The minimum Gasteiger partial charge on any atom is -0.402 e. The summed E-state index contributed by atoms with van der Waals surface area (Å²) in [6.07, 6.45) is 0. The van der Waals surface area contributed by atoms with Gasteiger partial charge in [0.2, 0.25) is 5.88 Å². The molecule has 0 amide bonds. The Bertz CT molecular complexity index is 1260. The van der Waals surface area contributed by atoms with Gasteiger partial charge in [-0.3, -0.25) is 0 Å². The number of hydrogen-bond donors (Lipinski definition) is 0. The van der Waals surface area contributed by atoms with Crippen molar-refractivity contribution in [2.75, 3.05) is 0 Å². The summed E-state index contributed by atoms with van der Waals surface area (Å²) in [6.45, 7) is 8.33. The van der Waals surface area contributed by atoms with Gasteiger partial charge in [-0.05, 0) is 66.4 Å². The lowest BCUT2D eigenvalue weighted by atomic mass is 9.87. The number of aromatic nitrogens is 2. The Hall–Kier alpha value is -3.02. The van der Waals surface area contributed by atoms with Crippen molar-refractivity contribution < 1.29 is 9.53 Å². The lowest BCUT2D eigenvalue weighted by Crippen LogP contribution is -2.14. The number of carbonyl (C=O) groups is 1. The minimum absolute atomic E-state index is 0.00780. The smallest absolute Gasteiger partial charge is 0.344 e. The molecule has 4 aromatic rings. The molecule has 1 heterocycles. The van der Waals surface area contributed by atoms with Gasteiger partial charge < -0.3 is 4.74 Å². The second kappa shape index (κ2) is 9.46. The highest BCUT2D eigenvalue weighted by Gasteiger charge is 2.23. The standard InChI is InChI=1S/C27H25ClN2O2S/c1-18-24(33-23-16-14-21(28)15-17-23)25(30(29-18)22-8-6-5-7-9-22)32-26(31)19-10-12-20(13-11-19)27(2,3)4/h5-17H,1-4H3. The van der Waals surface area contributed by atoms with Crippen LogP contribution in [0.4, 0.5) is 0 Å². The molecule has 0 radical (unpaired) electrons. The topological polar surface area (TPSA) is 44.1 Å². The summed E-state index contributed by atoms with van der Waals surface area (Å²) < 4.78 is 7.65. The molecular weight excluding hydrogens is 452 g/mol. The number of benzene rings is 3. The van der Waals surface area contributed by atoms with Crippen LogP contribution in [0, 0.1) is 6.92 Å². The summed E-state index contributed by atoms with van der Waals surface area (Å²) in [7, 11) is 0. The molecule has 0 spiro atoms. The molecule has 0 aliphatic heterocycles. The molecule has 3 aromatic carbocycles. The number of para-hydroxylation sites is 1. The van der Waals surface area contributed by atoms with Crippen LogP contribution in [0.2, 0.25) is 5.02 Å². The van der Waals surface area contributed by atoms with E-state index in [0.717, 1.165) is 26.7 Å². The summed E-state index contributed by atoms with van der Waals surface area (Å²) in [5.74, 6) is -0.0333. The van der Waals surface area contributed by atoms with Crippen molar-refractivity contribution in [1.82, 2.24) is 9.78 Å². The van der Waals surface area contributed by atoms with Crippen molar-refractivity contribution in [2.45, 2.75) is 42.9 Å². The molecule has 0 saturated carbocycles. The van der Waals surface area contributed by atoms with E-state index in [9.17, 15) is 4.79 Å². The van der Waals surface area contributed by atoms with E-state index in [1.54, 1.807) is 4.68 Å². The maximum atomic E-state index is 13.1. The van der Waals surface area contributed by atoms with Crippen LogP contribution in [0.5, 0.6) is 5.88 Å². The number of hydrogen-bond acceptors (Lipinski definition) is 4. The van der Waals surface area contributed by atoms with Crippen LogP contribution in [-0.4, -0.2) is 15.7 Å². The second-order valence-corrected chi connectivity index (χ2v) is 10.3. The SMILES string of the molecule is Cc1nn(-c2ccccc2)c(OC(=O)c2ccc(C(C)(C)C)cc2)c1Sc1ccc(Cl)cc1. The first-order chi connectivity index (χ1) is 15.7. The van der Waals surface area contributed by atoms with E-state index in [1.807, 2.05) is 85.8 Å². The van der Waals surface area contributed by atoms with Gasteiger partial charge >= 0.3 is 5.97 Å². The zero-order valence-corrected chi connectivity index (χ0v) is 20.6. The van der Waals surface area contributed by atoms with E-state index in [2.05, 4.69) is 25.9 Å². The normalized spacial score (nSPS) is 11.4. The number of rotatable bonds is 5. The van der Waals surface area contributed by atoms with E-state index < -0.39 is 5.97 Å². The third-order valence-electron chi connectivity index (χ3n) is 5.18. The van der Waals surface area contributed by atoms with Gasteiger partial charge in [0.15, 0.2) is 0 Å². The van der Waals surface area contributed by atoms with Crippen LogP contribution in [0.1, 0.15) is 42.4 Å². The lowest BCUT2D eigenvalue weighted by molar-refractivity contribution is 0.0718. The molecule has 0 saturated heterocycles. The third kappa shape index (κ3) is 5.32. The molecule has 4 rings (SSSR count). The summed E-state index contributed by atoms with van der Waals surface area (Å²) in [5, 5.41) is 5.35. The van der Waals surface area contributed by atoms with Crippen molar-refractivity contribution in [3.05, 3.63) is 101 Å². The molecule has 0 N–H and O–H groups in total. The Balaban J connectivity index is 1.71. The zero-order chi connectivity index (χ0) is 23.6. The fourth-order valence-electron chi connectivity index (χ4n) is 3.32. The van der Waals surface area contributed by atoms with E-state index in [4.69, 9.17) is 16.3 Å². The van der Waals surface area contributed by atoms with Crippen LogP contribution in [-0.2, 0) is 5.41 Å². The number of halogens is 1. The monoisotopic (exact) mass is 476 g/mol. The number of ether oxygens (including phenoxy) is 1. The van der Waals surface area contributed by atoms with Crippen LogP contribution < -0.4 is 4.74 Å². The van der Waals surface area contributed by atoms with E-state index in [1.165, 1.54) is 11.8 Å². The molecule has 0 aliphatic rings. The fourth-order valence-corrected chi connectivity index (χ4v) is 4.35. The Labute approximate surface area is 203 Å². The molecular formula is C27H25ClN2O2S. The number of esters is 1. The van der Waals surface area contributed by atoms with Gasteiger partial charge in [0.25, 0.3) is 0 Å². The molecule has 0 unspecified atom stereocenters. The zero-order valence-electron chi connectivity index (χ0n) is 19.0. The third-order valence-corrected chi connectivity index (χ3v) is 6.61. The number of aryl methyl sites for hydroxylation is 1. The summed E-state index contributed by atoms with van der Waals surface area (Å²) in [4.78, 5) is 14.9. The van der Waals surface area contributed by atoms with Gasteiger partial charge in [-0.1, -0.05) is 74.5 Å². The Morgan fingerprint density at radius 1 is 0.939 bits per heavy atom. The van der Waals surface area contributed by atoms with Crippen molar-refractivity contribution in [3.63, 3.8) is 0 Å². The van der Waals surface area contributed by atoms with Gasteiger partial charge in [0, 0.05) is 9.92 Å². The van der Waals surface area contributed by atoms with Crippen molar-refractivity contribution in [1.29, 1.82) is 0 Å². The fraction of sp³-hybridized carbons (Fsp3) is 0.185. The number of nitrogens with zero attached hydrogens (tertiary/aromatic N) is 2. The maximum Gasteiger partial charge on any atom is 0.344 e. The summed E-state index contributed by atoms with van der Waals surface area (Å²) in [5.41, 5.74) is 3.24. The highest BCUT2D eigenvalue weighted by atomic mass is 35.5. The first-order valence-electron chi connectivity index (χ1n) is 10.6. The van der Waals surface area contributed by atoms with Crippen LogP contribution in [0.25, 0.3) is 5.69 Å². The molecule has 0 aliphatic carbocycles. The number of carbonyl (C=O) groups excluding carboxylic acids is 1. The first-order valence-corrected chi connectivity index (χ1v) is 11.8. The van der Waals surface area contributed by atoms with Crippen LogP contribution >= 0.6 is 23.4 Å². The quantitative estimate of drug-likeness (QED) is 0.280. The van der Waals surface area contributed by atoms with E-state index in [-0.39, 0.29) is 5.41 Å². The average molecular weight is 477 g/mol. The highest BCUT2D eigenvalue weighted by molar-refractivity contribution is 7.99. The lowest BCUT2D eigenvalue weighted by Gasteiger charge is -2.19. The predicted octanol–water partition coefficient (Wildman–Crippen LogP) is 7.50. The van der Waals surface area contributed by atoms with E-state index in [0.29, 0.717) is 16.5 Å². The Kier molecular flexibility index (Phi) is 6.63. The molecule has 168 valence electrons. The summed E-state index contributed by atoms with van der Waals surface area (Å²) in [6, 6.07) is 24.8. The molecule has 4 nitrogen and oxygen atoms in total. The second-order valence-electron chi connectivity index (χ2n) is 8.74. The van der Waals surface area contributed by atoms with Gasteiger partial charge in [-0.25, -0.2) is 4.79 Å². The Morgan fingerprint density at radius 3 is 2.18 bits per heavy atom. The van der Waals surface area contributed by atoms with Crippen molar-refractivity contribution in [2.24, 2.45) is 0 Å². The van der Waals surface area contributed by atoms with Crippen molar-refractivity contribution in [3.8, 4) is 11.6 Å². The molecule has 33 heavy (non-hydrogen) atoms. The van der Waals surface area contributed by atoms with Gasteiger partial charge in [0.1, 0.15) is 0 Å². The first kappa shape index (κ1) is 23.1. The Morgan fingerprint density at radius 2 is 1.58 bits per heavy atom. The average Bonchev–Trinajstić information content (AvgIpc) is 3.10. The molecule has 1 aromatic heterocycles. The predicted molar refractivity (Wildman–Crippen MR) is 134 cm³/mol. The maximum absolute atomic E-state index is 13.1. The van der Waals surface area contributed by atoms with Gasteiger partial charge in [-0.2, -0.15) is 9.78 Å². The molecule has 6 heteroatoms. The largest absolute Gasteiger partial charge is 0.402 e. The summed E-state index contributed by atoms with van der Waals surface area (Å²) >= 11 is 7.53. The van der Waals surface area contributed by atoms with Crippen LogP contribution in [0.15, 0.2) is 88.7 Å². The molecule has 0 atom stereocenters. The molecule has 0 fully saturated rings. The minimum atomic E-state index is -0.425. The molecule has 0 bridgehead atoms. The van der Waals surface area contributed by atoms with Gasteiger partial charge in [0.05, 0.1) is 21.8 Å². The van der Waals surface area contributed by atoms with Crippen LogP contribution in [0.3, 0.4) is 0 Å².